The molecule has 1 heterocycles. The summed E-state index contributed by atoms with van der Waals surface area (Å²) >= 11 is 0. The number of aliphatic hydroxyl groups is 1. The Kier molecular flexibility index (Phi) is 4.79. The highest BCUT2D eigenvalue weighted by atomic mass is 35.5. The second-order valence-electron chi connectivity index (χ2n) is 5.29. The number of rotatable bonds is 3. The van der Waals surface area contributed by atoms with Gasteiger partial charge in [0.15, 0.2) is 0 Å². The number of aryl methyl sites for hydroxylation is 1. The van der Waals surface area contributed by atoms with E-state index in [9.17, 15) is 5.11 Å². The summed E-state index contributed by atoms with van der Waals surface area (Å²) in [6, 6.07) is 12.6. The van der Waals surface area contributed by atoms with E-state index in [1.165, 1.54) is 16.7 Å². The summed E-state index contributed by atoms with van der Waals surface area (Å²) in [5.74, 6) is 0.191. The summed E-state index contributed by atoms with van der Waals surface area (Å²) in [7, 11) is 0. The van der Waals surface area contributed by atoms with Gasteiger partial charge in [-0.1, -0.05) is 37.3 Å². The Morgan fingerprint density at radius 3 is 2.70 bits per heavy atom. The molecule has 0 bridgehead atoms. The molecule has 20 heavy (non-hydrogen) atoms. The molecule has 106 valence electrons. The van der Waals surface area contributed by atoms with E-state index in [1.807, 2.05) is 12.3 Å². The molecule has 0 saturated carbocycles. The number of pyridine rings is 1. The predicted octanol–water partition coefficient (Wildman–Crippen LogP) is 3.31. The highest BCUT2D eigenvalue weighted by molar-refractivity contribution is 5.85. The van der Waals surface area contributed by atoms with Crippen LogP contribution >= 0.6 is 12.4 Å². The maximum absolute atomic E-state index is 10.2. The van der Waals surface area contributed by atoms with E-state index >= 15 is 0 Å². The minimum atomic E-state index is -0.273. The third-order valence-corrected chi connectivity index (χ3v) is 4.07. The van der Waals surface area contributed by atoms with Crippen molar-refractivity contribution < 1.29 is 5.11 Å². The summed E-state index contributed by atoms with van der Waals surface area (Å²) in [6.07, 6.45) is 4.28. The van der Waals surface area contributed by atoms with Gasteiger partial charge in [0.1, 0.15) is 0 Å². The van der Waals surface area contributed by atoms with Crippen LogP contribution in [-0.4, -0.2) is 16.2 Å². The highest BCUT2D eigenvalue weighted by Gasteiger charge is 2.30. The number of nitrogens with zero attached hydrogens (tertiary/aromatic N) is 1. The lowest BCUT2D eigenvalue weighted by Crippen LogP contribution is -2.16. The van der Waals surface area contributed by atoms with Crippen LogP contribution in [0.15, 0.2) is 42.6 Å². The molecular weight excluding hydrogens is 270 g/mol. The van der Waals surface area contributed by atoms with E-state index in [0.717, 1.165) is 25.0 Å². The van der Waals surface area contributed by atoms with Gasteiger partial charge in [0, 0.05) is 17.8 Å². The van der Waals surface area contributed by atoms with Crippen LogP contribution in [0, 0.1) is 0 Å². The largest absolute Gasteiger partial charge is 0.392 e. The molecule has 2 nitrogen and oxygen atoms in total. The van der Waals surface area contributed by atoms with Crippen LogP contribution < -0.4 is 0 Å². The van der Waals surface area contributed by atoms with Gasteiger partial charge in [-0.05, 0) is 42.0 Å². The molecule has 2 aromatic rings. The lowest BCUT2D eigenvalue weighted by molar-refractivity contribution is 0.155. The second-order valence-corrected chi connectivity index (χ2v) is 5.29. The average molecular weight is 290 g/mol. The number of aromatic nitrogens is 1. The van der Waals surface area contributed by atoms with Crippen LogP contribution in [0.2, 0.25) is 0 Å². The van der Waals surface area contributed by atoms with Gasteiger partial charge in [0.2, 0.25) is 0 Å². The van der Waals surface area contributed by atoms with Crippen molar-refractivity contribution in [1.29, 1.82) is 0 Å². The Morgan fingerprint density at radius 1 is 1.20 bits per heavy atom. The Hall–Kier alpha value is -1.38. The molecule has 2 atom stereocenters. The fourth-order valence-corrected chi connectivity index (χ4v) is 2.91. The van der Waals surface area contributed by atoms with E-state index in [2.05, 4.69) is 42.2 Å². The van der Waals surface area contributed by atoms with Gasteiger partial charge in [-0.25, -0.2) is 0 Å². The molecule has 0 aliphatic heterocycles. The van der Waals surface area contributed by atoms with Gasteiger partial charge in [-0.2, -0.15) is 0 Å². The number of halogens is 1. The first kappa shape index (κ1) is 15.0. The van der Waals surface area contributed by atoms with Crippen molar-refractivity contribution in [1.82, 2.24) is 4.98 Å². The summed E-state index contributed by atoms with van der Waals surface area (Å²) in [5.41, 5.74) is 4.90. The first-order valence-electron chi connectivity index (χ1n) is 6.97. The van der Waals surface area contributed by atoms with E-state index in [0.29, 0.717) is 0 Å². The number of hydrogen-bond donors (Lipinski definition) is 1. The Labute approximate surface area is 126 Å². The van der Waals surface area contributed by atoms with Crippen molar-refractivity contribution in [3.05, 3.63) is 65.0 Å². The maximum atomic E-state index is 10.2. The molecule has 0 fully saturated rings. The highest BCUT2D eigenvalue weighted by Crippen LogP contribution is 2.35. The van der Waals surface area contributed by atoms with E-state index < -0.39 is 0 Å². The van der Waals surface area contributed by atoms with Crippen LogP contribution in [0.25, 0.3) is 0 Å². The van der Waals surface area contributed by atoms with E-state index in [1.54, 1.807) is 0 Å². The second kappa shape index (κ2) is 6.38. The molecule has 1 aromatic carbocycles. The summed E-state index contributed by atoms with van der Waals surface area (Å²) < 4.78 is 0. The third-order valence-electron chi connectivity index (χ3n) is 4.07. The van der Waals surface area contributed by atoms with Gasteiger partial charge in [-0.15, -0.1) is 12.4 Å². The molecule has 0 spiro atoms. The number of aliphatic hydroxyl groups excluding tert-OH is 1. The molecule has 1 aliphatic carbocycles. The Bertz CT molecular complexity index is 567. The number of benzene rings is 1. The zero-order valence-electron chi connectivity index (χ0n) is 11.6. The van der Waals surface area contributed by atoms with Crippen LogP contribution in [0.1, 0.15) is 35.2 Å². The minimum absolute atomic E-state index is 0. The monoisotopic (exact) mass is 289 g/mol. The topological polar surface area (TPSA) is 33.1 Å². The van der Waals surface area contributed by atoms with Crippen molar-refractivity contribution in [3.8, 4) is 0 Å². The summed E-state index contributed by atoms with van der Waals surface area (Å²) in [5, 5.41) is 10.2. The smallest absolute Gasteiger partial charge is 0.0652 e. The Morgan fingerprint density at radius 2 is 2.00 bits per heavy atom. The molecule has 3 rings (SSSR count). The van der Waals surface area contributed by atoms with Crippen LogP contribution in [0.4, 0.5) is 0 Å². The molecule has 0 amide bonds. The standard InChI is InChI=1S/C17H19NO.ClH/c1-2-12-7-8-14(18-11-12)10-16-15-6-4-3-5-13(15)9-17(16)19;/h3-8,11,16-17,19H,2,9-10H2,1H3;1H. The zero-order chi connectivity index (χ0) is 13.2. The first-order chi connectivity index (χ1) is 9.28. The quantitative estimate of drug-likeness (QED) is 0.940. The molecular formula is C17H20ClNO. The molecule has 0 saturated heterocycles. The Balaban J connectivity index is 0.00000147. The average Bonchev–Trinajstić information content (AvgIpc) is 2.76. The molecule has 1 aliphatic rings. The van der Waals surface area contributed by atoms with Crippen molar-refractivity contribution in [2.24, 2.45) is 0 Å². The van der Waals surface area contributed by atoms with Gasteiger partial charge >= 0.3 is 0 Å². The van der Waals surface area contributed by atoms with Crippen LogP contribution in [0.3, 0.4) is 0 Å². The van der Waals surface area contributed by atoms with Gasteiger partial charge in [-0.3, -0.25) is 4.98 Å². The fraction of sp³-hybridized carbons (Fsp3) is 0.353. The van der Waals surface area contributed by atoms with Crippen molar-refractivity contribution >= 4 is 12.4 Å². The van der Waals surface area contributed by atoms with Gasteiger partial charge < -0.3 is 5.11 Å². The van der Waals surface area contributed by atoms with Crippen molar-refractivity contribution in [2.75, 3.05) is 0 Å². The van der Waals surface area contributed by atoms with Gasteiger partial charge in [0.05, 0.1) is 6.10 Å². The zero-order valence-corrected chi connectivity index (χ0v) is 12.4. The molecule has 0 radical (unpaired) electrons. The molecule has 1 aromatic heterocycles. The minimum Gasteiger partial charge on any atom is -0.392 e. The van der Waals surface area contributed by atoms with Crippen LogP contribution in [0.5, 0.6) is 0 Å². The predicted molar refractivity (Wildman–Crippen MR) is 83.5 cm³/mol. The van der Waals surface area contributed by atoms with Crippen molar-refractivity contribution in [2.45, 2.75) is 38.2 Å². The van der Waals surface area contributed by atoms with Crippen molar-refractivity contribution in [3.63, 3.8) is 0 Å². The maximum Gasteiger partial charge on any atom is 0.0652 e. The van der Waals surface area contributed by atoms with Crippen LogP contribution in [-0.2, 0) is 19.3 Å². The van der Waals surface area contributed by atoms with Gasteiger partial charge in [0.25, 0.3) is 0 Å². The number of hydrogen-bond acceptors (Lipinski definition) is 2. The third kappa shape index (κ3) is 2.87. The van der Waals surface area contributed by atoms with E-state index in [4.69, 9.17) is 0 Å². The fourth-order valence-electron chi connectivity index (χ4n) is 2.91. The lowest BCUT2D eigenvalue weighted by atomic mass is 9.94. The first-order valence-corrected chi connectivity index (χ1v) is 6.97. The summed E-state index contributed by atoms with van der Waals surface area (Å²) in [4.78, 5) is 4.51. The normalized spacial score (nSPS) is 20.3. The molecule has 3 heteroatoms. The SMILES string of the molecule is CCc1ccc(CC2c3ccccc3CC2O)nc1.Cl. The lowest BCUT2D eigenvalue weighted by Gasteiger charge is -2.15. The number of fused-ring (bicyclic) bond motifs is 1. The van der Waals surface area contributed by atoms with E-state index in [-0.39, 0.29) is 24.4 Å². The molecule has 1 N–H and O–H groups in total. The molecule has 2 unspecified atom stereocenters. The summed E-state index contributed by atoms with van der Waals surface area (Å²) in [6.45, 7) is 2.13.